The van der Waals surface area contributed by atoms with Gasteiger partial charge in [-0.2, -0.15) is 5.26 Å². The number of aromatic nitrogens is 2. The Morgan fingerprint density at radius 3 is 2.78 bits per heavy atom. The van der Waals surface area contributed by atoms with Gasteiger partial charge in [-0.3, -0.25) is 19.7 Å². The summed E-state index contributed by atoms with van der Waals surface area (Å²) in [5.41, 5.74) is 6.52. The Kier molecular flexibility index (Phi) is 6.01. The Balaban J connectivity index is 1.17. The third-order valence-electron chi connectivity index (χ3n) is 7.23. The maximum Gasteiger partial charge on any atom is 0.240 e. The van der Waals surface area contributed by atoms with Gasteiger partial charge in [-0.1, -0.05) is 6.07 Å². The van der Waals surface area contributed by atoms with E-state index in [1.807, 2.05) is 17.0 Å². The van der Waals surface area contributed by atoms with E-state index in [0.717, 1.165) is 56.2 Å². The monoisotopic (exact) mass is 483 g/mol. The number of nitrogens with one attached hydrogen (secondary N) is 1. The molecule has 9 nitrogen and oxygen atoms in total. The SMILES string of the molecule is C[C@@H]1CN(c2ccc(C#N)c3nccnc23)C[C@H](CN2Cc3ccc(N4CCNCC4=O)cc3C2)O1. The van der Waals surface area contributed by atoms with E-state index in [1.165, 1.54) is 11.1 Å². The van der Waals surface area contributed by atoms with Crippen molar-refractivity contribution in [3.05, 3.63) is 59.4 Å². The van der Waals surface area contributed by atoms with E-state index in [-0.39, 0.29) is 18.1 Å². The first-order chi connectivity index (χ1) is 17.6. The Hall–Kier alpha value is -3.58. The number of carbonyl (C=O) groups excluding carboxylic acids is 1. The zero-order valence-electron chi connectivity index (χ0n) is 20.4. The number of nitriles is 1. The predicted molar refractivity (Wildman–Crippen MR) is 137 cm³/mol. The van der Waals surface area contributed by atoms with Gasteiger partial charge >= 0.3 is 0 Å². The Labute approximate surface area is 210 Å². The second-order valence-electron chi connectivity index (χ2n) is 9.82. The summed E-state index contributed by atoms with van der Waals surface area (Å²) in [5, 5.41) is 12.6. The van der Waals surface area contributed by atoms with Crippen LogP contribution < -0.4 is 15.1 Å². The van der Waals surface area contributed by atoms with Crippen molar-refractivity contribution in [2.24, 2.45) is 0 Å². The molecule has 1 N–H and O–H groups in total. The first-order valence-corrected chi connectivity index (χ1v) is 12.5. The van der Waals surface area contributed by atoms with Crippen LogP contribution in [0.5, 0.6) is 0 Å². The molecule has 3 aliphatic heterocycles. The lowest BCUT2D eigenvalue weighted by Gasteiger charge is -2.39. The summed E-state index contributed by atoms with van der Waals surface area (Å²) in [4.78, 5) is 27.9. The molecule has 2 aromatic carbocycles. The topological polar surface area (TPSA) is 97.6 Å². The fraction of sp³-hybridized carbons (Fsp3) is 0.407. The van der Waals surface area contributed by atoms with E-state index < -0.39 is 0 Å². The minimum Gasteiger partial charge on any atom is -0.370 e. The summed E-state index contributed by atoms with van der Waals surface area (Å²) in [7, 11) is 0. The van der Waals surface area contributed by atoms with Gasteiger partial charge in [0, 0.05) is 63.9 Å². The number of morpholine rings is 1. The highest BCUT2D eigenvalue weighted by atomic mass is 16.5. The Morgan fingerprint density at radius 2 is 1.94 bits per heavy atom. The second-order valence-corrected chi connectivity index (χ2v) is 9.82. The fourth-order valence-electron chi connectivity index (χ4n) is 5.65. The van der Waals surface area contributed by atoms with Crippen molar-refractivity contribution >= 4 is 28.3 Å². The highest BCUT2D eigenvalue weighted by Gasteiger charge is 2.31. The molecular weight excluding hydrogens is 454 g/mol. The van der Waals surface area contributed by atoms with Gasteiger partial charge in [0.1, 0.15) is 17.1 Å². The van der Waals surface area contributed by atoms with Crippen molar-refractivity contribution in [3.63, 3.8) is 0 Å². The number of fused-ring (bicyclic) bond motifs is 2. The number of ether oxygens (including phenoxy) is 1. The lowest BCUT2D eigenvalue weighted by Crippen LogP contribution is -2.50. The standard InChI is InChI=1S/C27H29N7O2/c1-18-13-33(24-5-3-19(11-28)26-27(24)31-7-6-30-26)17-23(36-18)16-32-14-20-2-4-22(10-21(20)15-32)34-9-8-29-12-25(34)35/h2-7,10,18,23,29H,8-9,12-17H2,1H3/t18-,23+/m1/s1. The van der Waals surface area contributed by atoms with Gasteiger partial charge in [0.25, 0.3) is 0 Å². The molecule has 6 rings (SSSR count). The number of anilines is 2. The number of hydrogen-bond acceptors (Lipinski definition) is 8. The van der Waals surface area contributed by atoms with Crippen LogP contribution in [0, 0.1) is 11.3 Å². The predicted octanol–water partition coefficient (Wildman–Crippen LogP) is 2.05. The van der Waals surface area contributed by atoms with Crippen molar-refractivity contribution in [2.45, 2.75) is 32.2 Å². The van der Waals surface area contributed by atoms with Gasteiger partial charge in [-0.05, 0) is 42.3 Å². The fourth-order valence-corrected chi connectivity index (χ4v) is 5.65. The number of piperazine rings is 1. The summed E-state index contributed by atoms with van der Waals surface area (Å²) >= 11 is 0. The molecule has 36 heavy (non-hydrogen) atoms. The first kappa shape index (κ1) is 22.9. The number of nitrogens with zero attached hydrogens (tertiary/aromatic N) is 6. The molecule has 0 unspecified atom stereocenters. The smallest absolute Gasteiger partial charge is 0.240 e. The summed E-state index contributed by atoms with van der Waals surface area (Å²) in [6, 6.07) is 12.5. The van der Waals surface area contributed by atoms with E-state index in [0.29, 0.717) is 24.2 Å². The summed E-state index contributed by atoms with van der Waals surface area (Å²) < 4.78 is 6.36. The van der Waals surface area contributed by atoms with Crippen molar-refractivity contribution in [1.82, 2.24) is 20.2 Å². The number of hydrogen-bond donors (Lipinski definition) is 1. The lowest BCUT2D eigenvalue weighted by atomic mass is 10.1. The van der Waals surface area contributed by atoms with Gasteiger partial charge in [-0.25, -0.2) is 0 Å². The van der Waals surface area contributed by atoms with Gasteiger partial charge in [0.05, 0.1) is 30.0 Å². The minimum absolute atomic E-state index is 0.0413. The zero-order valence-corrected chi connectivity index (χ0v) is 20.4. The third kappa shape index (κ3) is 4.28. The number of benzene rings is 2. The second kappa shape index (κ2) is 9.47. The quantitative estimate of drug-likeness (QED) is 0.602. The van der Waals surface area contributed by atoms with Crippen LogP contribution in [0.3, 0.4) is 0 Å². The number of rotatable bonds is 4. The van der Waals surface area contributed by atoms with Crippen LogP contribution in [0.1, 0.15) is 23.6 Å². The van der Waals surface area contributed by atoms with E-state index >= 15 is 0 Å². The van der Waals surface area contributed by atoms with E-state index in [4.69, 9.17) is 4.74 Å². The molecule has 184 valence electrons. The van der Waals surface area contributed by atoms with Gasteiger partial charge in [0.2, 0.25) is 5.91 Å². The highest BCUT2D eigenvalue weighted by Crippen LogP contribution is 2.31. The molecule has 1 aromatic heterocycles. The molecule has 3 aliphatic rings. The average molecular weight is 484 g/mol. The Morgan fingerprint density at radius 1 is 1.11 bits per heavy atom. The van der Waals surface area contributed by atoms with Crippen molar-refractivity contribution in [2.75, 3.05) is 49.1 Å². The maximum absolute atomic E-state index is 12.3. The number of carbonyl (C=O) groups is 1. The normalized spacial score (nSPS) is 22.6. The van der Waals surface area contributed by atoms with Gasteiger partial charge in [0.15, 0.2) is 0 Å². The van der Waals surface area contributed by atoms with E-state index in [9.17, 15) is 10.1 Å². The van der Waals surface area contributed by atoms with Gasteiger partial charge < -0.3 is 19.9 Å². The molecular formula is C27H29N7O2. The highest BCUT2D eigenvalue weighted by molar-refractivity contribution is 5.95. The molecule has 0 radical (unpaired) electrons. The van der Waals surface area contributed by atoms with Gasteiger partial charge in [-0.15, -0.1) is 0 Å². The van der Waals surface area contributed by atoms with E-state index in [1.54, 1.807) is 12.4 Å². The van der Waals surface area contributed by atoms with Crippen LogP contribution in [0.4, 0.5) is 11.4 Å². The maximum atomic E-state index is 12.3. The molecule has 0 spiro atoms. The molecule has 1 amide bonds. The molecule has 2 atom stereocenters. The Bertz CT molecular complexity index is 1350. The molecule has 2 saturated heterocycles. The molecule has 0 aliphatic carbocycles. The van der Waals surface area contributed by atoms with Crippen LogP contribution in [0.15, 0.2) is 42.7 Å². The third-order valence-corrected chi connectivity index (χ3v) is 7.23. The van der Waals surface area contributed by atoms with Crippen molar-refractivity contribution in [3.8, 4) is 6.07 Å². The van der Waals surface area contributed by atoms with Crippen molar-refractivity contribution in [1.29, 1.82) is 5.26 Å². The van der Waals surface area contributed by atoms with Crippen LogP contribution in [0.25, 0.3) is 11.0 Å². The van der Waals surface area contributed by atoms with E-state index in [2.05, 4.69) is 56.3 Å². The zero-order chi connectivity index (χ0) is 24.6. The molecule has 9 heteroatoms. The van der Waals surface area contributed by atoms with Crippen LogP contribution in [-0.2, 0) is 22.6 Å². The van der Waals surface area contributed by atoms with Crippen LogP contribution in [0.2, 0.25) is 0 Å². The molecule has 2 fully saturated rings. The largest absolute Gasteiger partial charge is 0.370 e. The molecule has 3 aromatic rings. The summed E-state index contributed by atoms with van der Waals surface area (Å²) in [6.07, 6.45) is 3.42. The molecule has 0 bridgehead atoms. The van der Waals surface area contributed by atoms with Crippen LogP contribution >= 0.6 is 0 Å². The van der Waals surface area contributed by atoms with Crippen molar-refractivity contribution < 1.29 is 9.53 Å². The lowest BCUT2D eigenvalue weighted by molar-refractivity contribution is -0.118. The summed E-state index contributed by atoms with van der Waals surface area (Å²) in [5.74, 6) is 0.126. The molecule has 0 saturated carbocycles. The minimum atomic E-state index is 0.0413. The average Bonchev–Trinajstić information content (AvgIpc) is 3.29. The van der Waals surface area contributed by atoms with Crippen LogP contribution in [-0.4, -0.2) is 72.3 Å². The molecule has 4 heterocycles. The first-order valence-electron chi connectivity index (χ1n) is 12.5. The number of amides is 1. The summed E-state index contributed by atoms with van der Waals surface area (Å²) in [6.45, 7) is 8.09.